The lowest BCUT2D eigenvalue weighted by atomic mass is 10.1. The molecule has 130 valence electrons. The average molecular weight is 367 g/mol. The van der Waals surface area contributed by atoms with E-state index < -0.39 is 9.84 Å². The summed E-state index contributed by atoms with van der Waals surface area (Å²) in [7, 11) is -1.46. The molecular formula is C17H22N2O3S2. The van der Waals surface area contributed by atoms with E-state index in [1.807, 2.05) is 23.8 Å². The van der Waals surface area contributed by atoms with Crippen LogP contribution in [0.4, 0.5) is 4.79 Å². The number of hydrogen-bond acceptors (Lipinski definition) is 4. The van der Waals surface area contributed by atoms with Gasteiger partial charge >= 0.3 is 6.03 Å². The summed E-state index contributed by atoms with van der Waals surface area (Å²) in [6, 6.07) is 8.35. The fourth-order valence-corrected chi connectivity index (χ4v) is 3.65. The SMILES string of the molecule is CC[C@H](NC(=O)N(C)Cc1ccsc1)c1ccc(S(C)(=O)=O)cc1. The second-order valence-corrected chi connectivity index (χ2v) is 8.53. The maximum atomic E-state index is 12.4. The quantitative estimate of drug-likeness (QED) is 0.851. The van der Waals surface area contributed by atoms with E-state index >= 15 is 0 Å². The molecule has 1 heterocycles. The molecule has 0 aliphatic carbocycles. The van der Waals surface area contributed by atoms with Crippen molar-refractivity contribution in [3.8, 4) is 0 Å². The number of sulfone groups is 1. The van der Waals surface area contributed by atoms with Gasteiger partial charge in [0.25, 0.3) is 0 Å². The summed E-state index contributed by atoms with van der Waals surface area (Å²) in [5.41, 5.74) is 1.99. The third-order valence-corrected chi connectivity index (χ3v) is 5.62. The van der Waals surface area contributed by atoms with E-state index in [-0.39, 0.29) is 17.0 Å². The van der Waals surface area contributed by atoms with Gasteiger partial charge in [-0.25, -0.2) is 13.2 Å². The first-order chi connectivity index (χ1) is 11.3. The van der Waals surface area contributed by atoms with Gasteiger partial charge in [0.2, 0.25) is 0 Å². The van der Waals surface area contributed by atoms with Crippen LogP contribution in [0.15, 0.2) is 46.0 Å². The van der Waals surface area contributed by atoms with Crippen LogP contribution < -0.4 is 5.32 Å². The van der Waals surface area contributed by atoms with Crippen LogP contribution in [0.2, 0.25) is 0 Å². The minimum Gasteiger partial charge on any atom is -0.331 e. The number of hydrogen-bond donors (Lipinski definition) is 1. The van der Waals surface area contributed by atoms with Crippen molar-refractivity contribution in [1.82, 2.24) is 10.2 Å². The molecule has 0 bridgehead atoms. The molecule has 5 nitrogen and oxygen atoms in total. The monoisotopic (exact) mass is 366 g/mol. The molecule has 24 heavy (non-hydrogen) atoms. The van der Waals surface area contributed by atoms with Crippen molar-refractivity contribution >= 4 is 27.2 Å². The molecule has 1 aromatic heterocycles. The second kappa shape index (κ2) is 7.81. The minimum atomic E-state index is -3.21. The van der Waals surface area contributed by atoms with E-state index in [9.17, 15) is 13.2 Å². The number of benzene rings is 1. The van der Waals surface area contributed by atoms with Gasteiger partial charge in [-0.2, -0.15) is 11.3 Å². The maximum Gasteiger partial charge on any atom is 0.317 e. The van der Waals surface area contributed by atoms with Crippen molar-refractivity contribution in [2.45, 2.75) is 30.8 Å². The molecule has 2 rings (SSSR count). The Morgan fingerprint density at radius 1 is 1.25 bits per heavy atom. The highest BCUT2D eigenvalue weighted by molar-refractivity contribution is 7.90. The molecule has 0 spiro atoms. The number of thiophene rings is 1. The van der Waals surface area contributed by atoms with Gasteiger partial charge < -0.3 is 10.2 Å². The lowest BCUT2D eigenvalue weighted by Gasteiger charge is -2.23. The average Bonchev–Trinajstić information content (AvgIpc) is 3.04. The summed E-state index contributed by atoms with van der Waals surface area (Å²) >= 11 is 1.60. The molecule has 0 radical (unpaired) electrons. The van der Waals surface area contributed by atoms with Gasteiger partial charge in [0, 0.05) is 19.8 Å². The van der Waals surface area contributed by atoms with Crippen LogP contribution >= 0.6 is 11.3 Å². The van der Waals surface area contributed by atoms with Gasteiger partial charge in [-0.05, 0) is 46.5 Å². The second-order valence-electron chi connectivity index (χ2n) is 5.74. The van der Waals surface area contributed by atoms with Gasteiger partial charge in [0.15, 0.2) is 9.84 Å². The first-order valence-corrected chi connectivity index (χ1v) is 10.5. The summed E-state index contributed by atoms with van der Waals surface area (Å²) in [5.74, 6) is 0. The van der Waals surface area contributed by atoms with Crippen LogP contribution in [0.3, 0.4) is 0 Å². The first-order valence-electron chi connectivity index (χ1n) is 7.64. The maximum absolute atomic E-state index is 12.4. The van der Waals surface area contributed by atoms with Crippen LogP contribution in [0, 0.1) is 0 Å². The van der Waals surface area contributed by atoms with E-state index in [0.29, 0.717) is 6.54 Å². The molecule has 0 aliphatic rings. The molecule has 0 fully saturated rings. The predicted molar refractivity (Wildman–Crippen MR) is 96.9 cm³/mol. The van der Waals surface area contributed by atoms with Crippen LogP contribution in [0.5, 0.6) is 0 Å². The minimum absolute atomic E-state index is 0.153. The molecule has 0 aliphatic heterocycles. The first kappa shape index (κ1) is 18.5. The third-order valence-electron chi connectivity index (χ3n) is 3.76. The van der Waals surface area contributed by atoms with Crippen molar-refractivity contribution < 1.29 is 13.2 Å². The number of carbonyl (C=O) groups is 1. The predicted octanol–water partition coefficient (Wildman–Crippen LogP) is 3.44. The molecule has 0 saturated carbocycles. The Balaban J connectivity index is 2.04. The molecule has 0 unspecified atom stereocenters. The normalized spacial score (nSPS) is 12.6. The number of carbonyl (C=O) groups excluding carboxylic acids is 1. The van der Waals surface area contributed by atoms with E-state index in [0.717, 1.165) is 17.5 Å². The van der Waals surface area contributed by atoms with Gasteiger partial charge in [-0.1, -0.05) is 19.1 Å². The van der Waals surface area contributed by atoms with Crippen LogP contribution in [0.25, 0.3) is 0 Å². The Bertz CT molecular complexity index is 769. The van der Waals surface area contributed by atoms with Gasteiger partial charge in [-0.15, -0.1) is 0 Å². The lowest BCUT2D eigenvalue weighted by Crippen LogP contribution is -2.38. The number of amides is 2. The molecule has 7 heteroatoms. The van der Waals surface area contributed by atoms with Gasteiger partial charge in [-0.3, -0.25) is 0 Å². The summed E-state index contributed by atoms with van der Waals surface area (Å²) < 4.78 is 23.1. The molecule has 1 atom stereocenters. The summed E-state index contributed by atoms with van der Waals surface area (Å²) in [5, 5.41) is 7.00. The molecule has 1 aromatic carbocycles. The Labute approximate surface area is 147 Å². The smallest absolute Gasteiger partial charge is 0.317 e. The molecule has 1 N–H and O–H groups in total. The largest absolute Gasteiger partial charge is 0.331 e. The van der Waals surface area contributed by atoms with Gasteiger partial charge in [0.1, 0.15) is 0 Å². The summed E-state index contributed by atoms with van der Waals surface area (Å²) in [6.45, 7) is 2.53. The highest BCUT2D eigenvalue weighted by Crippen LogP contribution is 2.19. The Hall–Kier alpha value is -1.86. The topological polar surface area (TPSA) is 66.5 Å². The number of rotatable bonds is 6. The fraction of sp³-hybridized carbons (Fsp3) is 0.353. The fourth-order valence-electron chi connectivity index (χ4n) is 2.36. The van der Waals surface area contributed by atoms with Crippen molar-refractivity contribution in [3.63, 3.8) is 0 Å². The zero-order chi connectivity index (χ0) is 17.7. The lowest BCUT2D eigenvalue weighted by molar-refractivity contribution is 0.202. The van der Waals surface area contributed by atoms with Crippen molar-refractivity contribution in [1.29, 1.82) is 0 Å². The molecule has 0 saturated heterocycles. The molecular weight excluding hydrogens is 344 g/mol. The van der Waals surface area contributed by atoms with Crippen LogP contribution in [0.1, 0.15) is 30.5 Å². The Kier molecular flexibility index (Phi) is 6.01. The summed E-state index contributed by atoms with van der Waals surface area (Å²) in [6.07, 6.45) is 1.90. The number of nitrogens with zero attached hydrogens (tertiary/aromatic N) is 1. The van der Waals surface area contributed by atoms with Crippen molar-refractivity contribution in [3.05, 3.63) is 52.2 Å². The molecule has 2 aromatic rings. The molecule has 2 amide bonds. The van der Waals surface area contributed by atoms with E-state index in [1.165, 1.54) is 6.26 Å². The number of urea groups is 1. The standard InChI is InChI=1S/C17H22N2O3S2/c1-4-16(14-5-7-15(8-6-14)24(3,21)22)18-17(20)19(2)11-13-9-10-23-12-13/h5-10,12,16H,4,11H2,1-3H3,(H,18,20)/t16-/m0/s1. The van der Waals surface area contributed by atoms with Gasteiger partial charge in [0.05, 0.1) is 10.9 Å². The third kappa shape index (κ3) is 4.82. The van der Waals surface area contributed by atoms with E-state index in [4.69, 9.17) is 0 Å². The highest BCUT2D eigenvalue weighted by atomic mass is 32.2. The zero-order valence-corrected chi connectivity index (χ0v) is 15.7. The summed E-state index contributed by atoms with van der Waals surface area (Å²) in [4.78, 5) is 14.3. The van der Waals surface area contributed by atoms with E-state index in [2.05, 4.69) is 5.32 Å². The van der Waals surface area contributed by atoms with Crippen molar-refractivity contribution in [2.24, 2.45) is 0 Å². The van der Waals surface area contributed by atoms with Crippen LogP contribution in [-0.2, 0) is 16.4 Å². The Morgan fingerprint density at radius 2 is 1.92 bits per heavy atom. The highest BCUT2D eigenvalue weighted by Gasteiger charge is 2.17. The van der Waals surface area contributed by atoms with Crippen LogP contribution in [-0.4, -0.2) is 32.7 Å². The van der Waals surface area contributed by atoms with E-state index in [1.54, 1.807) is 47.5 Å². The number of nitrogens with one attached hydrogen (secondary N) is 1. The van der Waals surface area contributed by atoms with Crippen molar-refractivity contribution in [2.75, 3.05) is 13.3 Å². The zero-order valence-electron chi connectivity index (χ0n) is 14.0. The Morgan fingerprint density at radius 3 is 2.42 bits per heavy atom.